The lowest BCUT2D eigenvalue weighted by molar-refractivity contribution is -0.134. The second kappa shape index (κ2) is 9.59. The Morgan fingerprint density at radius 2 is 1.64 bits per heavy atom. The number of nitrogens with zero attached hydrogens (tertiary/aromatic N) is 1. The Bertz CT molecular complexity index is 546. The summed E-state index contributed by atoms with van der Waals surface area (Å²) in [7, 11) is 0. The minimum absolute atomic E-state index is 0.0584. The van der Waals surface area contributed by atoms with Gasteiger partial charge in [-0.3, -0.25) is 9.59 Å². The molecule has 4 nitrogen and oxygen atoms in total. The second-order valence-electron chi connectivity index (χ2n) is 6.99. The second-order valence-corrected chi connectivity index (χ2v) is 6.99. The highest BCUT2D eigenvalue weighted by atomic mass is 16.2. The topological polar surface area (TPSA) is 49.4 Å². The van der Waals surface area contributed by atoms with Crippen LogP contribution in [0.1, 0.15) is 64.4 Å². The molecule has 1 saturated heterocycles. The first-order valence-electron chi connectivity index (χ1n) is 9.74. The summed E-state index contributed by atoms with van der Waals surface area (Å²) in [5.41, 5.74) is 1.10. The van der Waals surface area contributed by atoms with Crippen LogP contribution < -0.4 is 5.32 Å². The monoisotopic (exact) mass is 344 g/mol. The predicted octanol–water partition coefficient (Wildman–Crippen LogP) is 3.72. The summed E-state index contributed by atoms with van der Waals surface area (Å²) in [4.78, 5) is 27.1. The molecule has 1 aliphatic rings. The van der Waals surface area contributed by atoms with Crippen LogP contribution in [0.15, 0.2) is 30.3 Å². The quantitative estimate of drug-likeness (QED) is 0.819. The molecule has 0 saturated carbocycles. The number of rotatable bonds is 7. The zero-order valence-electron chi connectivity index (χ0n) is 15.8. The number of amides is 2. The number of hydrogen-bond donors (Lipinski definition) is 1. The smallest absolute Gasteiger partial charge is 0.230 e. The Morgan fingerprint density at radius 3 is 2.16 bits per heavy atom. The fourth-order valence-electron chi connectivity index (χ4n) is 3.68. The molecule has 0 unspecified atom stereocenters. The van der Waals surface area contributed by atoms with Gasteiger partial charge < -0.3 is 10.2 Å². The van der Waals surface area contributed by atoms with Crippen molar-refractivity contribution >= 4 is 11.8 Å². The minimum atomic E-state index is -0.0584. The largest absolute Gasteiger partial charge is 0.353 e. The average molecular weight is 344 g/mol. The maximum atomic E-state index is 12.9. The molecule has 0 bridgehead atoms. The SMILES string of the molecule is CCC(CC)C(=O)NC1CCN(C(=O)[C@@H](CC)c2ccccc2)CC1. The maximum absolute atomic E-state index is 12.9. The highest BCUT2D eigenvalue weighted by Crippen LogP contribution is 2.24. The number of piperidine rings is 1. The molecule has 1 aliphatic heterocycles. The van der Waals surface area contributed by atoms with Crippen LogP contribution in [0, 0.1) is 5.92 Å². The summed E-state index contributed by atoms with van der Waals surface area (Å²) in [6.45, 7) is 7.65. The van der Waals surface area contributed by atoms with Gasteiger partial charge in [0.25, 0.3) is 0 Å². The van der Waals surface area contributed by atoms with Crippen molar-refractivity contribution < 1.29 is 9.59 Å². The number of nitrogens with one attached hydrogen (secondary N) is 1. The molecule has 1 heterocycles. The van der Waals surface area contributed by atoms with Crippen molar-refractivity contribution in [1.82, 2.24) is 10.2 Å². The Hall–Kier alpha value is -1.84. The third-order valence-electron chi connectivity index (χ3n) is 5.42. The van der Waals surface area contributed by atoms with E-state index in [9.17, 15) is 9.59 Å². The summed E-state index contributed by atoms with van der Waals surface area (Å²) < 4.78 is 0. The van der Waals surface area contributed by atoms with E-state index in [4.69, 9.17) is 0 Å². The Morgan fingerprint density at radius 1 is 1.04 bits per heavy atom. The third-order valence-corrected chi connectivity index (χ3v) is 5.42. The van der Waals surface area contributed by atoms with Crippen molar-refractivity contribution in [3.63, 3.8) is 0 Å². The van der Waals surface area contributed by atoms with Crippen LogP contribution in [0.4, 0.5) is 0 Å². The molecule has 4 heteroatoms. The van der Waals surface area contributed by atoms with Crippen LogP contribution in [0.5, 0.6) is 0 Å². The first-order chi connectivity index (χ1) is 12.1. The van der Waals surface area contributed by atoms with Crippen molar-refractivity contribution in [3.05, 3.63) is 35.9 Å². The van der Waals surface area contributed by atoms with Gasteiger partial charge in [0.2, 0.25) is 11.8 Å². The molecule has 1 fully saturated rings. The van der Waals surface area contributed by atoms with Crippen molar-refractivity contribution in [2.24, 2.45) is 5.92 Å². The lowest BCUT2D eigenvalue weighted by Gasteiger charge is -2.35. The van der Waals surface area contributed by atoms with Crippen LogP contribution in [0.25, 0.3) is 0 Å². The number of carbonyl (C=O) groups excluding carboxylic acids is 2. The van der Waals surface area contributed by atoms with E-state index in [1.54, 1.807) is 0 Å². The molecule has 138 valence electrons. The van der Waals surface area contributed by atoms with Gasteiger partial charge in [-0.1, -0.05) is 51.1 Å². The van der Waals surface area contributed by atoms with Gasteiger partial charge in [-0.25, -0.2) is 0 Å². The maximum Gasteiger partial charge on any atom is 0.230 e. The lowest BCUT2D eigenvalue weighted by atomic mass is 9.93. The molecule has 2 amide bonds. The summed E-state index contributed by atoms with van der Waals surface area (Å²) >= 11 is 0. The normalized spacial score (nSPS) is 16.7. The summed E-state index contributed by atoms with van der Waals surface area (Å²) in [5, 5.41) is 3.18. The number of benzene rings is 1. The van der Waals surface area contributed by atoms with E-state index in [0.29, 0.717) is 0 Å². The van der Waals surface area contributed by atoms with Crippen LogP contribution in [-0.2, 0) is 9.59 Å². The molecule has 0 aliphatic carbocycles. The predicted molar refractivity (Wildman–Crippen MR) is 101 cm³/mol. The van der Waals surface area contributed by atoms with Crippen LogP contribution in [0.2, 0.25) is 0 Å². The summed E-state index contributed by atoms with van der Waals surface area (Å²) in [6.07, 6.45) is 4.28. The molecule has 0 spiro atoms. The third kappa shape index (κ3) is 5.07. The van der Waals surface area contributed by atoms with Gasteiger partial charge in [0.05, 0.1) is 5.92 Å². The van der Waals surface area contributed by atoms with E-state index < -0.39 is 0 Å². The molecule has 0 aromatic heterocycles. The number of carbonyl (C=O) groups is 2. The zero-order chi connectivity index (χ0) is 18.2. The summed E-state index contributed by atoms with van der Waals surface area (Å²) in [5.74, 6) is 0.447. The van der Waals surface area contributed by atoms with E-state index in [1.165, 1.54) is 0 Å². The highest BCUT2D eigenvalue weighted by Gasteiger charge is 2.29. The molecule has 0 radical (unpaired) electrons. The van der Waals surface area contributed by atoms with Gasteiger partial charge >= 0.3 is 0 Å². The zero-order valence-corrected chi connectivity index (χ0v) is 15.8. The molecule has 25 heavy (non-hydrogen) atoms. The first kappa shape index (κ1) is 19.5. The lowest BCUT2D eigenvalue weighted by Crippen LogP contribution is -2.48. The molecule has 1 aromatic carbocycles. The van der Waals surface area contributed by atoms with Crippen molar-refractivity contribution in [2.45, 2.75) is 64.8 Å². The van der Waals surface area contributed by atoms with Gasteiger partial charge in [0, 0.05) is 25.0 Å². The molecule has 1 N–H and O–H groups in total. The molecule has 2 rings (SSSR count). The van der Waals surface area contributed by atoms with E-state index in [-0.39, 0.29) is 29.7 Å². The highest BCUT2D eigenvalue weighted by molar-refractivity contribution is 5.84. The van der Waals surface area contributed by atoms with Gasteiger partial charge in [-0.2, -0.15) is 0 Å². The van der Waals surface area contributed by atoms with Gasteiger partial charge in [0.15, 0.2) is 0 Å². The fourth-order valence-corrected chi connectivity index (χ4v) is 3.68. The Kier molecular flexibility index (Phi) is 7.48. The Labute approximate surface area is 152 Å². The number of hydrogen-bond acceptors (Lipinski definition) is 2. The Balaban J connectivity index is 1.88. The van der Waals surface area contributed by atoms with E-state index in [1.807, 2.05) is 35.2 Å². The number of likely N-dealkylation sites (tertiary alicyclic amines) is 1. The average Bonchev–Trinajstić information content (AvgIpc) is 2.65. The molecule has 1 aromatic rings. The van der Waals surface area contributed by atoms with Crippen molar-refractivity contribution in [1.29, 1.82) is 0 Å². The van der Waals surface area contributed by atoms with E-state index in [2.05, 4.69) is 26.1 Å². The first-order valence-corrected chi connectivity index (χ1v) is 9.74. The molecular weight excluding hydrogens is 312 g/mol. The van der Waals surface area contributed by atoms with E-state index in [0.717, 1.165) is 50.8 Å². The van der Waals surface area contributed by atoms with Crippen LogP contribution >= 0.6 is 0 Å². The van der Waals surface area contributed by atoms with Crippen LogP contribution in [0.3, 0.4) is 0 Å². The summed E-state index contributed by atoms with van der Waals surface area (Å²) in [6, 6.07) is 10.2. The van der Waals surface area contributed by atoms with Gasteiger partial charge in [-0.15, -0.1) is 0 Å². The van der Waals surface area contributed by atoms with Gasteiger partial charge in [-0.05, 0) is 37.7 Å². The van der Waals surface area contributed by atoms with Crippen LogP contribution in [-0.4, -0.2) is 35.8 Å². The molecule has 1 atom stereocenters. The standard InChI is InChI=1S/C21H32N2O2/c1-4-16(5-2)20(24)22-18-12-14-23(15-13-18)21(25)19(6-3)17-10-8-7-9-11-17/h7-11,16,18-19H,4-6,12-15H2,1-3H3,(H,22,24)/t19-/m0/s1. The fraction of sp³-hybridized carbons (Fsp3) is 0.619. The van der Waals surface area contributed by atoms with Gasteiger partial charge in [0.1, 0.15) is 0 Å². The van der Waals surface area contributed by atoms with E-state index >= 15 is 0 Å². The minimum Gasteiger partial charge on any atom is -0.353 e. The molecular formula is C21H32N2O2. The van der Waals surface area contributed by atoms with Crippen molar-refractivity contribution in [2.75, 3.05) is 13.1 Å². The van der Waals surface area contributed by atoms with Crippen molar-refractivity contribution in [3.8, 4) is 0 Å².